The van der Waals surface area contributed by atoms with Crippen molar-refractivity contribution in [2.75, 3.05) is 74.9 Å². The number of amides is 5. The summed E-state index contributed by atoms with van der Waals surface area (Å²) in [5.74, 6) is -4.10. The van der Waals surface area contributed by atoms with Crippen molar-refractivity contribution in [3.63, 3.8) is 0 Å². The fourth-order valence-electron chi connectivity index (χ4n) is 9.96. The van der Waals surface area contributed by atoms with Crippen LogP contribution in [0.3, 0.4) is 0 Å². The highest BCUT2D eigenvalue weighted by Crippen LogP contribution is 2.35. The van der Waals surface area contributed by atoms with Gasteiger partial charge in [-0.15, -0.1) is 0 Å². The Bertz CT molecular complexity index is 3700. The zero-order valence-electron chi connectivity index (χ0n) is 53.4. The largest absolute Gasteiger partial charge is 0.462 e. The maximum absolute atomic E-state index is 13.7. The predicted octanol–water partition coefficient (Wildman–Crippen LogP) is 9.89. The molecule has 6 heterocycles. The zero-order chi connectivity index (χ0) is 66.9. The summed E-state index contributed by atoms with van der Waals surface area (Å²) in [7, 11) is 0. The minimum atomic E-state index is -0.699. The number of carbonyl (C=O) groups excluding carboxylic acids is 9. The summed E-state index contributed by atoms with van der Waals surface area (Å²) in [5, 5.41) is 13.5. The number of ketones is 1. The van der Waals surface area contributed by atoms with Gasteiger partial charge in [0.05, 0.1) is 52.2 Å². The number of likely N-dealkylation sites (N-methyl/N-ethyl adjacent to an activating group) is 2. The molecule has 0 bridgehead atoms. The van der Waals surface area contributed by atoms with Gasteiger partial charge in [0.15, 0.2) is 6.29 Å². The molecule has 3 aromatic heterocycles. The minimum absolute atomic E-state index is 0.0643. The van der Waals surface area contributed by atoms with E-state index in [1.807, 2.05) is 13.8 Å². The van der Waals surface area contributed by atoms with Crippen LogP contribution in [0.1, 0.15) is 168 Å². The number of nitrogens with one attached hydrogen (secondary N) is 8. The van der Waals surface area contributed by atoms with E-state index in [4.69, 9.17) is 9.47 Å². The molecular weight excluding hydrogens is 1170 g/mol. The van der Waals surface area contributed by atoms with Gasteiger partial charge < -0.3 is 60.8 Å². The molecule has 5 amide bonds. The lowest BCUT2D eigenvalue weighted by Crippen LogP contribution is -2.35. The molecule has 0 spiro atoms. The fraction of sp³-hybridized carbons (Fsp3) is 0.379. The molecule has 482 valence electrons. The number of anilines is 3. The Morgan fingerprint density at radius 1 is 0.578 bits per heavy atom. The van der Waals surface area contributed by atoms with Gasteiger partial charge in [-0.05, 0) is 178 Å². The normalized spacial score (nSPS) is 13.0. The van der Waals surface area contributed by atoms with E-state index in [0.717, 1.165) is 79.8 Å². The molecule has 0 saturated heterocycles. The standard InChI is InChI=1S/C22H27FN4O2.C14H23N3O2.C14H21NO4.C8H4FNO2.C8H6FNO/c1-5-27(6-2)10-9-24-22(29)20-13(3)19(25-14(20)4)12-17-16-11-15(23)7-8-18(16)26-21(17)28;1-5-17(6-2)8-7-15-14(19)13-10(3)12(9-18)16-11(13)4;1-7-18-12(16)10-8(2)11(15-9(10)3)13(17)19-14(4,5)6;9-4-1-2-6-5(3-4)7(11)8(12)10-6;9-6-1-2-7-5(3-6)4-8(11)10-7/h7-8,11-12,25H,5-6,9-10H2,1-4H3,(H,24,29)(H,26,28);9,16H,5-8H2,1-4H3,(H,15,19);15H,7H2,1-6H3;1-3H,(H,10,11,12);1-3H,4H2,(H,10,11)/b17-12-;;;;. The molecule has 0 saturated carbocycles. The summed E-state index contributed by atoms with van der Waals surface area (Å²) in [6.45, 7) is 33.1. The van der Waals surface area contributed by atoms with Crippen LogP contribution >= 0.6 is 0 Å². The highest BCUT2D eigenvalue weighted by Gasteiger charge is 2.30. The number of ether oxygens (including phenoxy) is 2. The number of nitrogens with zero attached hydrogens (tertiary/aromatic N) is 2. The van der Waals surface area contributed by atoms with Gasteiger partial charge in [0.1, 0.15) is 28.7 Å². The summed E-state index contributed by atoms with van der Waals surface area (Å²) >= 11 is 0. The van der Waals surface area contributed by atoms with Crippen LogP contribution in [0, 0.1) is 59.0 Å². The van der Waals surface area contributed by atoms with Crippen molar-refractivity contribution < 1.29 is 65.8 Å². The van der Waals surface area contributed by atoms with E-state index in [9.17, 15) is 56.3 Å². The maximum atomic E-state index is 13.7. The number of H-pyrrole nitrogens is 3. The Morgan fingerprint density at radius 2 is 1.04 bits per heavy atom. The number of esters is 2. The van der Waals surface area contributed by atoms with E-state index < -0.39 is 40.9 Å². The Morgan fingerprint density at radius 3 is 1.54 bits per heavy atom. The van der Waals surface area contributed by atoms with Crippen molar-refractivity contribution >= 4 is 82.3 Å². The van der Waals surface area contributed by atoms with Crippen LogP contribution < -0.4 is 26.6 Å². The lowest BCUT2D eigenvalue weighted by Gasteiger charge is -2.19. The third-order valence-electron chi connectivity index (χ3n) is 14.7. The monoisotopic (exact) mass is 1250 g/mol. The van der Waals surface area contributed by atoms with E-state index in [1.165, 1.54) is 36.4 Å². The van der Waals surface area contributed by atoms with Crippen molar-refractivity contribution in [3.8, 4) is 0 Å². The third kappa shape index (κ3) is 18.6. The fourth-order valence-corrected chi connectivity index (χ4v) is 9.96. The topological polar surface area (TPSA) is 286 Å². The molecule has 8 N–H and O–H groups in total. The summed E-state index contributed by atoms with van der Waals surface area (Å²) in [4.78, 5) is 118. The van der Waals surface area contributed by atoms with Crippen molar-refractivity contribution in [2.24, 2.45) is 0 Å². The lowest BCUT2D eigenvalue weighted by atomic mass is 10.0. The number of halogens is 3. The summed E-state index contributed by atoms with van der Waals surface area (Å²) in [6, 6.07) is 12.1. The first-order chi connectivity index (χ1) is 42.5. The van der Waals surface area contributed by atoms with Gasteiger partial charge in [-0.2, -0.15) is 0 Å². The number of hydrogen-bond donors (Lipinski definition) is 8. The number of fused-ring (bicyclic) bond motifs is 3. The molecule has 24 heteroatoms. The molecular formula is C66H81F3N10O11. The number of aromatic amines is 3. The van der Waals surface area contributed by atoms with Crippen molar-refractivity contribution in [2.45, 2.75) is 109 Å². The van der Waals surface area contributed by atoms with Crippen LogP contribution in [0.4, 0.5) is 30.2 Å². The second-order valence-electron chi connectivity index (χ2n) is 22.1. The number of aldehydes is 1. The molecule has 0 unspecified atom stereocenters. The van der Waals surface area contributed by atoms with Gasteiger partial charge in [0, 0.05) is 65.9 Å². The molecule has 6 aromatic rings. The van der Waals surface area contributed by atoms with Gasteiger partial charge in [0.2, 0.25) is 5.91 Å². The van der Waals surface area contributed by atoms with E-state index >= 15 is 0 Å². The first kappa shape index (κ1) is 71.3. The Labute approximate surface area is 521 Å². The quantitative estimate of drug-likeness (QED) is 0.0183. The number of aryl methyl sites for hydroxylation is 3. The highest BCUT2D eigenvalue weighted by molar-refractivity contribution is 6.51. The summed E-state index contributed by atoms with van der Waals surface area (Å²) in [5.41, 5.74) is 9.99. The third-order valence-corrected chi connectivity index (χ3v) is 14.7. The maximum Gasteiger partial charge on any atom is 0.355 e. The molecule has 0 fully saturated rings. The van der Waals surface area contributed by atoms with Crippen LogP contribution in [0.15, 0.2) is 54.6 Å². The van der Waals surface area contributed by atoms with Crippen LogP contribution in [-0.4, -0.2) is 143 Å². The van der Waals surface area contributed by atoms with E-state index in [1.54, 1.807) is 73.6 Å². The molecule has 21 nitrogen and oxygen atoms in total. The number of hydrogen-bond acceptors (Lipinski definition) is 13. The molecule has 3 aromatic carbocycles. The van der Waals surface area contributed by atoms with Gasteiger partial charge in [0.25, 0.3) is 29.4 Å². The number of Topliss-reactive ketones (excluding diaryl/α,β-unsaturated/α-hetero) is 1. The van der Waals surface area contributed by atoms with Gasteiger partial charge in [-0.1, -0.05) is 27.7 Å². The molecule has 0 aliphatic carbocycles. The van der Waals surface area contributed by atoms with Crippen LogP contribution in [0.2, 0.25) is 0 Å². The average molecular weight is 1250 g/mol. The molecule has 0 atom stereocenters. The Kier molecular flexibility index (Phi) is 25.5. The van der Waals surface area contributed by atoms with Gasteiger partial charge in [-0.25, -0.2) is 22.8 Å². The van der Waals surface area contributed by atoms with Crippen LogP contribution in [-0.2, 0) is 30.3 Å². The SMILES string of the molecule is CCN(CC)CCNC(=O)c1c(C)[nH]c(/C=C2\C(=O)Nc3ccc(F)cc32)c1C.CCN(CC)CCNC(=O)c1c(C)[nH]c(C=O)c1C.CCOC(=O)c1c(C)[nH]c(C(=O)OC(C)(C)C)c1C.O=C1Cc2cc(F)ccc2N1.O=C1Nc2ccc(F)cc2C1=O. The number of benzene rings is 3. The van der Waals surface area contributed by atoms with Crippen molar-refractivity contribution in [3.05, 3.63) is 156 Å². The van der Waals surface area contributed by atoms with Crippen molar-refractivity contribution in [1.29, 1.82) is 0 Å². The van der Waals surface area contributed by atoms with E-state index in [0.29, 0.717) is 99.2 Å². The average Bonchev–Trinajstić information content (AvgIpc) is 1.70. The number of aromatic nitrogens is 3. The molecule has 90 heavy (non-hydrogen) atoms. The molecule has 3 aliphatic rings. The van der Waals surface area contributed by atoms with E-state index in [2.05, 4.69) is 79.0 Å². The first-order valence-electron chi connectivity index (χ1n) is 29.5. The minimum Gasteiger partial charge on any atom is -0.462 e. The zero-order valence-corrected chi connectivity index (χ0v) is 53.4. The number of carbonyl (C=O) groups is 9. The van der Waals surface area contributed by atoms with Crippen molar-refractivity contribution in [1.82, 2.24) is 35.4 Å². The molecule has 3 aliphatic heterocycles. The van der Waals surface area contributed by atoms with Gasteiger partial charge >= 0.3 is 11.9 Å². The molecule has 9 rings (SSSR count). The summed E-state index contributed by atoms with van der Waals surface area (Å²) < 4.78 is 49.0. The lowest BCUT2D eigenvalue weighted by molar-refractivity contribution is -0.115. The number of rotatable bonds is 17. The van der Waals surface area contributed by atoms with Crippen LogP contribution in [0.5, 0.6) is 0 Å². The second kappa shape index (κ2) is 32.2. The Hall–Kier alpha value is -9.42. The van der Waals surface area contributed by atoms with Crippen LogP contribution in [0.25, 0.3) is 11.6 Å². The Balaban J connectivity index is 0.000000213. The highest BCUT2D eigenvalue weighted by atomic mass is 19.1. The van der Waals surface area contributed by atoms with Gasteiger partial charge in [-0.3, -0.25) is 33.6 Å². The second-order valence-corrected chi connectivity index (χ2v) is 22.1. The van der Waals surface area contributed by atoms with E-state index in [-0.39, 0.29) is 35.0 Å². The molecule has 0 radical (unpaired) electrons. The smallest absolute Gasteiger partial charge is 0.355 e. The first-order valence-corrected chi connectivity index (χ1v) is 29.5. The summed E-state index contributed by atoms with van der Waals surface area (Å²) in [6.07, 6.45) is 2.72. The predicted molar refractivity (Wildman–Crippen MR) is 339 cm³/mol.